The Kier molecular flexibility index (Phi) is 5.18. The van der Waals surface area contributed by atoms with Gasteiger partial charge in [-0.1, -0.05) is 13.8 Å². The molecule has 1 fully saturated rings. The van der Waals surface area contributed by atoms with Gasteiger partial charge < -0.3 is 19.7 Å². The van der Waals surface area contributed by atoms with Crippen molar-refractivity contribution in [2.45, 2.75) is 37.8 Å². The molecule has 0 aromatic carbocycles. The Hall–Kier alpha value is -2.85. The van der Waals surface area contributed by atoms with Gasteiger partial charge in [0.15, 0.2) is 11.6 Å². The first-order valence-electron chi connectivity index (χ1n) is 8.31. The number of aliphatic hydroxyl groups excluding tert-OH is 2. The van der Waals surface area contributed by atoms with E-state index in [9.17, 15) is 24.7 Å². The van der Waals surface area contributed by atoms with Crippen LogP contribution in [0.2, 0.25) is 0 Å². The monoisotopic (exact) mass is 395 g/mol. The van der Waals surface area contributed by atoms with Gasteiger partial charge in [-0.3, -0.25) is 15.5 Å². The summed E-state index contributed by atoms with van der Waals surface area (Å²) in [6.07, 6.45) is -3.63. The first kappa shape index (κ1) is 19.9. The van der Waals surface area contributed by atoms with Gasteiger partial charge in [-0.25, -0.2) is 13.9 Å². The van der Waals surface area contributed by atoms with Crippen molar-refractivity contribution < 1.29 is 34.1 Å². The summed E-state index contributed by atoms with van der Waals surface area (Å²) in [6, 6.07) is 2.64. The summed E-state index contributed by atoms with van der Waals surface area (Å²) in [4.78, 5) is 15.3. The summed E-state index contributed by atoms with van der Waals surface area (Å²) in [5, 5.41) is 43.5. The lowest BCUT2D eigenvalue weighted by Crippen LogP contribution is -2.41. The minimum atomic E-state index is -2.21. The molecule has 12 heteroatoms. The van der Waals surface area contributed by atoms with Crippen LogP contribution in [0.1, 0.15) is 19.5 Å². The van der Waals surface area contributed by atoms with Gasteiger partial charge >= 0.3 is 5.97 Å². The standard InChI is InChI=1S/C16H18FN5O6/c1-7(2)15(25)27-4-9-12(23)13(24)16(5-18,28-9)10-3-8(17)11-14(21-26)19-6-20-22(10)11/h3,6-7,9,12-13,23-24,26H,4H2,1-2H3,(H,19,20,21)/t9-,12-,13-,16+/m1/s1. The number of aromatic nitrogens is 3. The third-order valence-electron chi connectivity index (χ3n) is 4.48. The number of halogens is 1. The second-order valence-electron chi connectivity index (χ2n) is 6.58. The van der Waals surface area contributed by atoms with E-state index >= 15 is 0 Å². The number of nitrogens with one attached hydrogen (secondary N) is 1. The predicted molar refractivity (Wildman–Crippen MR) is 88.3 cm³/mol. The smallest absolute Gasteiger partial charge is 0.308 e. The third-order valence-corrected chi connectivity index (χ3v) is 4.48. The highest BCUT2D eigenvalue weighted by molar-refractivity contribution is 5.71. The van der Waals surface area contributed by atoms with Crippen LogP contribution in [0, 0.1) is 23.1 Å². The highest BCUT2D eigenvalue weighted by Gasteiger charge is 2.58. The number of fused-ring (bicyclic) bond motifs is 1. The number of nitriles is 1. The summed E-state index contributed by atoms with van der Waals surface area (Å²) >= 11 is 0. The van der Waals surface area contributed by atoms with Crippen molar-refractivity contribution in [3.63, 3.8) is 0 Å². The number of anilines is 1. The quantitative estimate of drug-likeness (QED) is 0.391. The van der Waals surface area contributed by atoms with Gasteiger partial charge in [0.25, 0.3) is 0 Å². The first-order valence-corrected chi connectivity index (χ1v) is 8.31. The maximum Gasteiger partial charge on any atom is 0.308 e. The number of aliphatic hydroxyl groups is 2. The molecule has 0 radical (unpaired) electrons. The number of nitrogens with zero attached hydrogens (tertiary/aromatic N) is 4. The minimum absolute atomic E-state index is 0.231. The lowest BCUT2D eigenvalue weighted by molar-refractivity contribution is -0.154. The summed E-state index contributed by atoms with van der Waals surface area (Å²) in [5.74, 6) is -2.15. The Morgan fingerprint density at radius 1 is 1.57 bits per heavy atom. The Bertz CT molecular complexity index is 943. The molecule has 1 aliphatic rings. The molecule has 0 bridgehead atoms. The second kappa shape index (κ2) is 7.28. The maximum atomic E-state index is 14.4. The Labute approximate surface area is 157 Å². The van der Waals surface area contributed by atoms with Crippen LogP contribution >= 0.6 is 0 Å². The molecule has 0 amide bonds. The summed E-state index contributed by atoms with van der Waals surface area (Å²) in [5.41, 5.74) is -1.02. The zero-order chi connectivity index (χ0) is 20.6. The van der Waals surface area contributed by atoms with Crippen LogP contribution < -0.4 is 5.48 Å². The molecule has 1 saturated heterocycles. The van der Waals surface area contributed by atoms with E-state index in [-0.39, 0.29) is 17.0 Å². The van der Waals surface area contributed by atoms with Crippen molar-refractivity contribution in [3.8, 4) is 6.07 Å². The number of hydrogen-bond acceptors (Lipinski definition) is 10. The molecule has 0 aliphatic carbocycles. The number of carbonyl (C=O) groups is 1. The normalized spacial score (nSPS) is 27.1. The van der Waals surface area contributed by atoms with E-state index in [0.717, 1.165) is 16.9 Å². The molecule has 4 atom stereocenters. The number of carbonyl (C=O) groups excluding carboxylic acids is 1. The summed E-state index contributed by atoms with van der Waals surface area (Å²) in [6.45, 7) is 2.82. The average molecular weight is 395 g/mol. The van der Waals surface area contributed by atoms with Gasteiger partial charge in [-0.2, -0.15) is 10.4 Å². The molecule has 2 aromatic heterocycles. The zero-order valence-corrected chi connectivity index (χ0v) is 14.9. The molecule has 2 aromatic rings. The largest absolute Gasteiger partial charge is 0.463 e. The highest BCUT2D eigenvalue weighted by Crippen LogP contribution is 2.41. The van der Waals surface area contributed by atoms with E-state index < -0.39 is 48.2 Å². The van der Waals surface area contributed by atoms with Crippen LogP contribution in [-0.2, 0) is 19.9 Å². The van der Waals surface area contributed by atoms with Crippen LogP contribution in [0.15, 0.2) is 12.4 Å². The molecule has 0 unspecified atom stereocenters. The average Bonchev–Trinajstić information content (AvgIpc) is 3.16. The Morgan fingerprint density at radius 3 is 2.89 bits per heavy atom. The van der Waals surface area contributed by atoms with Crippen molar-refractivity contribution in [3.05, 3.63) is 23.9 Å². The lowest BCUT2D eigenvalue weighted by Gasteiger charge is -2.24. The fourth-order valence-corrected chi connectivity index (χ4v) is 2.99. The third kappa shape index (κ3) is 2.94. The lowest BCUT2D eigenvalue weighted by atomic mass is 9.92. The zero-order valence-electron chi connectivity index (χ0n) is 14.9. The van der Waals surface area contributed by atoms with Gasteiger partial charge in [0.1, 0.15) is 42.8 Å². The minimum Gasteiger partial charge on any atom is -0.463 e. The molecule has 0 saturated carbocycles. The molecule has 150 valence electrons. The number of rotatable bonds is 5. The molecular formula is C16H18FN5O6. The summed E-state index contributed by atoms with van der Waals surface area (Å²) < 4.78 is 25.9. The van der Waals surface area contributed by atoms with Crippen LogP contribution in [0.3, 0.4) is 0 Å². The van der Waals surface area contributed by atoms with Gasteiger partial charge in [0, 0.05) is 6.07 Å². The molecule has 28 heavy (non-hydrogen) atoms. The Balaban J connectivity index is 2.01. The van der Waals surface area contributed by atoms with Crippen molar-refractivity contribution in [2.24, 2.45) is 5.92 Å². The van der Waals surface area contributed by atoms with Crippen LogP contribution in [-0.4, -0.2) is 60.9 Å². The highest BCUT2D eigenvalue weighted by atomic mass is 19.1. The predicted octanol–water partition coefficient (Wildman–Crippen LogP) is -0.292. The molecule has 3 rings (SSSR count). The van der Waals surface area contributed by atoms with Crippen molar-refractivity contribution in [2.75, 3.05) is 12.1 Å². The second-order valence-corrected chi connectivity index (χ2v) is 6.58. The SMILES string of the molecule is CC(C)C(=O)OC[C@H]1O[C@@](C#N)(c2cc(F)c3c(NO)ncnn23)[C@H](O)[C@@H]1O. The van der Waals surface area contributed by atoms with Crippen molar-refractivity contribution in [1.29, 1.82) is 5.26 Å². The molecule has 3 heterocycles. The fourth-order valence-electron chi connectivity index (χ4n) is 2.99. The van der Waals surface area contributed by atoms with E-state index in [0.29, 0.717) is 0 Å². The molecule has 0 spiro atoms. The first-order chi connectivity index (χ1) is 13.3. The van der Waals surface area contributed by atoms with E-state index in [1.165, 1.54) is 0 Å². The molecular weight excluding hydrogens is 377 g/mol. The van der Waals surface area contributed by atoms with E-state index in [4.69, 9.17) is 14.7 Å². The van der Waals surface area contributed by atoms with Crippen LogP contribution in [0.5, 0.6) is 0 Å². The number of ether oxygens (including phenoxy) is 2. The van der Waals surface area contributed by atoms with Gasteiger partial charge in [-0.15, -0.1) is 0 Å². The van der Waals surface area contributed by atoms with Gasteiger partial charge in [0.2, 0.25) is 5.60 Å². The topological polar surface area (TPSA) is 162 Å². The fraction of sp³-hybridized carbons (Fsp3) is 0.500. The van der Waals surface area contributed by atoms with Gasteiger partial charge in [-0.05, 0) is 0 Å². The molecule has 1 aliphatic heterocycles. The number of esters is 1. The van der Waals surface area contributed by atoms with E-state index in [1.54, 1.807) is 25.4 Å². The summed E-state index contributed by atoms with van der Waals surface area (Å²) in [7, 11) is 0. The van der Waals surface area contributed by atoms with Crippen molar-refractivity contribution in [1.82, 2.24) is 14.6 Å². The van der Waals surface area contributed by atoms with E-state index in [1.807, 2.05) is 0 Å². The maximum absolute atomic E-state index is 14.4. The van der Waals surface area contributed by atoms with Crippen molar-refractivity contribution >= 4 is 17.3 Å². The Morgan fingerprint density at radius 2 is 2.29 bits per heavy atom. The number of hydrogen-bond donors (Lipinski definition) is 4. The van der Waals surface area contributed by atoms with Crippen LogP contribution in [0.4, 0.5) is 10.2 Å². The molecule has 11 nitrogen and oxygen atoms in total. The van der Waals surface area contributed by atoms with E-state index in [2.05, 4.69) is 10.1 Å². The van der Waals surface area contributed by atoms with Gasteiger partial charge in [0.05, 0.1) is 11.6 Å². The molecule has 4 N–H and O–H groups in total. The van der Waals surface area contributed by atoms with Crippen LogP contribution in [0.25, 0.3) is 5.52 Å².